The Morgan fingerprint density at radius 3 is 2.73 bits per heavy atom. The minimum Gasteiger partial charge on any atom is -0.472 e. The van der Waals surface area contributed by atoms with E-state index in [1.54, 1.807) is 12.1 Å². The van der Waals surface area contributed by atoms with Crippen molar-refractivity contribution < 1.29 is 14.0 Å². The van der Waals surface area contributed by atoms with Crippen LogP contribution in [0.4, 0.5) is 0 Å². The standard InChI is InChI=1S/C21H15Cl2N3O3S/c22-16-18-15(30-19(16)23)8-14(24-18)21(28)25-13-7-10-3-1-2-4-12(10)17(13)26-20(27)11-5-6-29-9-11/h1-6,8-9,13,17,24H,7H2,(H,25,28)(H,26,27)/t13-,17-/m0/s1. The molecule has 0 bridgehead atoms. The summed E-state index contributed by atoms with van der Waals surface area (Å²) in [5, 5.41) is 6.48. The van der Waals surface area contributed by atoms with Gasteiger partial charge >= 0.3 is 0 Å². The summed E-state index contributed by atoms with van der Waals surface area (Å²) in [5.41, 5.74) is 3.55. The van der Waals surface area contributed by atoms with E-state index in [1.807, 2.05) is 24.3 Å². The number of thiophene rings is 1. The second-order valence-corrected chi connectivity index (χ2v) is 9.09. The van der Waals surface area contributed by atoms with Crippen molar-refractivity contribution in [2.75, 3.05) is 0 Å². The molecule has 4 aromatic rings. The number of amides is 2. The lowest BCUT2D eigenvalue weighted by Crippen LogP contribution is -2.44. The maximum atomic E-state index is 12.9. The molecule has 5 rings (SSSR count). The molecule has 9 heteroatoms. The number of hydrogen-bond donors (Lipinski definition) is 3. The average molecular weight is 460 g/mol. The number of nitrogens with one attached hydrogen (secondary N) is 3. The first-order valence-corrected chi connectivity index (χ1v) is 10.8. The van der Waals surface area contributed by atoms with Gasteiger partial charge in [-0.3, -0.25) is 9.59 Å². The summed E-state index contributed by atoms with van der Waals surface area (Å²) >= 11 is 13.5. The molecule has 3 N–H and O–H groups in total. The van der Waals surface area contributed by atoms with E-state index in [-0.39, 0.29) is 23.9 Å². The third kappa shape index (κ3) is 3.29. The van der Waals surface area contributed by atoms with Gasteiger partial charge in [-0.1, -0.05) is 47.5 Å². The minimum atomic E-state index is -0.360. The Hall–Kier alpha value is -2.74. The maximum absolute atomic E-state index is 12.9. The summed E-state index contributed by atoms with van der Waals surface area (Å²) in [6.45, 7) is 0. The van der Waals surface area contributed by atoms with E-state index >= 15 is 0 Å². The molecule has 0 radical (unpaired) electrons. The molecule has 0 saturated carbocycles. The van der Waals surface area contributed by atoms with Crippen LogP contribution in [-0.4, -0.2) is 22.8 Å². The van der Waals surface area contributed by atoms with Gasteiger partial charge in [0.1, 0.15) is 16.3 Å². The van der Waals surface area contributed by atoms with Crippen LogP contribution in [0.25, 0.3) is 10.2 Å². The summed E-state index contributed by atoms with van der Waals surface area (Å²) in [6, 6.07) is 10.5. The second-order valence-electron chi connectivity index (χ2n) is 7.06. The molecule has 0 aliphatic heterocycles. The number of carbonyl (C=O) groups is 2. The van der Waals surface area contributed by atoms with Crippen LogP contribution in [0.1, 0.15) is 38.0 Å². The number of H-pyrrole nitrogens is 1. The van der Waals surface area contributed by atoms with Gasteiger partial charge in [-0.05, 0) is 29.7 Å². The molecule has 30 heavy (non-hydrogen) atoms. The number of furan rings is 1. The smallest absolute Gasteiger partial charge is 0.268 e. The second kappa shape index (κ2) is 7.50. The van der Waals surface area contributed by atoms with E-state index in [2.05, 4.69) is 15.6 Å². The number of carbonyl (C=O) groups excluding carboxylic acids is 2. The molecule has 1 aromatic carbocycles. The molecular weight excluding hydrogens is 445 g/mol. The van der Waals surface area contributed by atoms with Crippen molar-refractivity contribution in [3.63, 3.8) is 0 Å². The molecule has 1 aliphatic carbocycles. The van der Waals surface area contributed by atoms with Gasteiger partial charge in [-0.25, -0.2) is 0 Å². The molecule has 2 atom stereocenters. The molecule has 6 nitrogen and oxygen atoms in total. The number of benzene rings is 1. The van der Waals surface area contributed by atoms with Crippen LogP contribution in [0, 0.1) is 0 Å². The highest BCUT2D eigenvalue weighted by molar-refractivity contribution is 7.23. The summed E-state index contributed by atoms with van der Waals surface area (Å²) < 4.78 is 6.30. The van der Waals surface area contributed by atoms with Crippen molar-refractivity contribution in [2.45, 2.75) is 18.5 Å². The van der Waals surface area contributed by atoms with Crippen LogP contribution in [-0.2, 0) is 6.42 Å². The van der Waals surface area contributed by atoms with E-state index in [1.165, 1.54) is 23.9 Å². The van der Waals surface area contributed by atoms with Crippen molar-refractivity contribution in [3.05, 3.63) is 80.7 Å². The van der Waals surface area contributed by atoms with Crippen molar-refractivity contribution in [2.24, 2.45) is 0 Å². The quantitative estimate of drug-likeness (QED) is 0.403. The first-order chi connectivity index (χ1) is 14.5. The fraction of sp³-hybridized carbons (Fsp3) is 0.143. The number of aromatic nitrogens is 1. The van der Waals surface area contributed by atoms with Crippen LogP contribution < -0.4 is 10.6 Å². The average Bonchev–Trinajstić information content (AvgIpc) is 3.50. The Morgan fingerprint density at radius 2 is 1.97 bits per heavy atom. The third-order valence-corrected chi connectivity index (χ3v) is 7.17. The van der Waals surface area contributed by atoms with Gasteiger partial charge in [0.2, 0.25) is 0 Å². The zero-order chi connectivity index (χ0) is 20.8. The molecule has 3 heterocycles. The highest BCUT2D eigenvalue weighted by atomic mass is 35.5. The summed E-state index contributed by atoms with van der Waals surface area (Å²) in [4.78, 5) is 28.6. The van der Waals surface area contributed by atoms with Crippen LogP contribution >= 0.6 is 34.5 Å². The summed E-state index contributed by atoms with van der Waals surface area (Å²) in [7, 11) is 0. The van der Waals surface area contributed by atoms with Gasteiger partial charge in [-0.2, -0.15) is 0 Å². The highest BCUT2D eigenvalue weighted by Gasteiger charge is 2.35. The SMILES string of the molecule is O=C(N[C@H]1c2ccccc2C[C@@H]1NC(=O)c1cc2sc(Cl)c(Cl)c2[nH]1)c1ccoc1. The monoisotopic (exact) mass is 459 g/mol. The Kier molecular flexibility index (Phi) is 4.81. The maximum Gasteiger partial charge on any atom is 0.268 e. The Bertz CT molecular complexity index is 1260. The topological polar surface area (TPSA) is 87.1 Å². The van der Waals surface area contributed by atoms with Gasteiger partial charge in [0.15, 0.2) is 0 Å². The molecule has 0 unspecified atom stereocenters. The lowest BCUT2D eigenvalue weighted by Gasteiger charge is -2.22. The molecule has 3 aromatic heterocycles. The largest absolute Gasteiger partial charge is 0.472 e. The van der Waals surface area contributed by atoms with E-state index in [0.717, 1.165) is 15.8 Å². The van der Waals surface area contributed by atoms with Gasteiger partial charge in [0.05, 0.1) is 39.1 Å². The van der Waals surface area contributed by atoms with E-state index in [4.69, 9.17) is 27.6 Å². The van der Waals surface area contributed by atoms with Crippen molar-refractivity contribution in [1.29, 1.82) is 0 Å². The predicted octanol–water partition coefficient (Wildman–Crippen LogP) is 4.96. The Balaban J connectivity index is 1.40. The number of aromatic amines is 1. The zero-order valence-corrected chi connectivity index (χ0v) is 17.7. The summed E-state index contributed by atoms with van der Waals surface area (Å²) in [5.74, 6) is -0.530. The molecular formula is C21H15Cl2N3O3S. The lowest BCUT2D eigenvalue weighted by molar-refractivity contribution is 0.0885. The number of halogens is 2. The van der Waals surface area contributed by atoms with Crippen LogP contribution in [0.2, 0.25) is 9.36 Å². The number of hydrogen-bond acceptors (Lipinski definition) is 4. The molecule has 0 spiro atoms. The molecule has 0 saturated heterocycles. The fourth-order valence-corrected chi connectivity index (χ4v) is 5.29. The number of rotatable bonds is 4. The number of fused-ring (bicyclic) bond motifs is 2. The van der Waals surface area contributed by atoms with E-state index in [9.17, 15) is 9.59 Å². The first kappa shape index (κ1) is 19.2. The van der Waals surface area contributed by atoms with Gasteiger partial charge in [0, 0.05) is 0 Å². The normalized spacial score (nSPS) is 17.8. The van der Waals surface area contributed by atoms with Gasteiger partial charge in [-0.15, -0.1) is 11.3 Å². The zero-order valence-electron chi connectivity index (χ0n) is 15.4. The minimum absolute atomic E-state index is 0.258. The van der Waals surface area contributed by atoms with Crippen LogP contribution in [0.15, 0.2) is 53.3 Å². The van der Waals surface area contributed by atoms with Crippen LogP contribution in [0.3, 0.4) is 0 Å². The Morgan fingerprint density at radius 1 is 1.13 bits per heavy atom. The van der Waals surface area contributed by atoms with Crippen molar-refractivity contribution >= 4 is 56.6 Å². The molecule has 2 amide bonds. The fourth-order valence-electron chi connectivity index (χ4n) is 3.81. The first-order valence-electron chi connectivity index (χ1n) is 9.19. The van der Waals surface area contributed by atoms with Crippen molar-refractivity contribution in [1.82, 2.24) is 15.6 Å². The lowest BCUT2D eigenvalue weighted by atomic mass is 10.1. The predicted molar refractivity (Wildman–Crippen MR) is 117 cm³/mol. The van der Waals surface area contributed by atoms with Gasteiger partial charge < -0.3 is 20.0 Å². The summed E-state index contributed by atoms with van der Waals surface area (Å²) in [6.07, 6.45) is 3.45. The third-order valence-electron chi connectivity index (χ3n) is 5.24. The Labute approximate surface area is 185 Å². The van der Waals surface area contributed by atoms with Crippen molar-refractivity contribution in [3.8, 4) is 0 Å². The van der Waals surface area contributed by atoms with E-state index in [0.29, 0.717) is 32.6 Å². The van der Waals surface area contributed by atoms with E-state index < -0.39 is 0 Å². The molecule has 1 aliphatic rings. The molecule has 0 fully saturated rings. The van der Waals surface area contributed by atoms with Crippen LogP contribution in [0.5, 0.6) is 0 Å². The molecule has 152 valence electrons. The highest BCUT2D eigenvalue weighted by Crippen LogP contribution is 2.39. The van der Waals surface area contributed by atoms with Gasteiger partial charge in [0.25, 0.3) is 11.8 Å².